The molecule has 1 aliphatic rings. The molecule has 19 heavy (non-hydrogen) atoms. The van der Waals surface area contributed by atoms with Crippen molar-refractivity contribution in [3.8, 4) is 0 Å². The van der Waals surface area contributed by atoms with E-state index < -0.39 is 5.97 Å². The topological polar surface area (TPSA) is 62.2 Å². The average molecular weight is 282 g/mol. The molecule has 1 fully saturated rings. The minimum absolute atomic E-state index is 0.155. The molecule has 1 aromatic heterocycles. The van der Waals surface area contributed by atoms with Gasteiger partial charge in [-0.3, -0.25) is 0 Å². The number of anilines is 1. The van der Waals surface area contributed by atoms with Crippen molar-refractivity contribution in [1.82, 2.24) is 4.98 Å². The molecule has 0 bridgehead atoms. The van der Waals surface area contributed by atoms with Gasteiger partial charge < -0.3 is 10.4 Å². The van der Waals surface area contributed by atoms with Crippen LogP contribution in [0.5, 0.6) is 0 Å². The molecule has 1 heterocycles. The van der Waals surface area contributed by atoms with Crippen LogP contribution in [0.1, 0.15) is 56.4 Å². The molecule has 0 radical (unpaired) electrons. The molecule has 2 N–H and O–H groups in total. The summed E-state index contributed by atoms with van der Waals surface area (Å²) in [5.41, 5.74) is 2.09. The highest BCUT2D eigenvalue weighted by Crippen LogP contribution is 2.43. The highest BCUT2D eigenvalue weighted by molar-refractivity contribution is 7.14. The van der Waals surface area contributed by atoms with Gasteiger partial charge in [0.05, 0.1) is 5.51 Å². The van der Waals surface area contributed by atoms with Gasteiger partial charge in [-0.2, -0.15) is 0 Å². The zero-order valence-electron chi connectivity index (χ0n) is 11.6. The standard InChI is InChI=1S/C14H22N2O2S/c1-10(2)7-14(5-3-4-6-14)8-15-12-11(13(17)18)16-9-19-12/h9-10,15H,3-8H2,1-2H3,(H,17,18). The third-order valence-corrected chi connectivity index (χ3v) is 4.68. The summed E-state index contributed by atoms with van der Waals surface area (Å²) in [5, 5.41) is 13.1. The highest BCUT2D eigenvalue weighted by atomic mass is 32.1. The van der Waals surface area contributed by atoms with Crippen LogP contribution < -0.4 is 5.32 Å². The molecule has 0 aromatic carbocycles. The van der Waals surface area contributed by atoms with E-state index in [9.17, 15) is 4.79 Å². The van der Waals surface area contributed by atoms with Crippen molar-refractivity contribution >= 4 is 22.3 Å². The quantitative estimate of drug-likeness (QED) is 0.831. The largest absolute Gasteiger partial charge is 0.476 e. The summed E-state index contributed by atoms with van der Waals surface area (Å²) in [5.74, 6) is -0.270. The minimum atomic E-state index is -0.951. The highest BCUT2D eigenvalue weighted by Gasteiger charge is 2.34. The van der Waals surface area contributed by atoms with E-state index in [1.54, 1.807) is 5.51 Å². The van der Waals surface area contributed by atoms with Crippen molar-refractivity contribution in [2.75, 3.05) is 11.9 Å². The maximum absolute atomic E-state index is 11.0. The summed E-state index contributed by atoms with van der Waals surface area (Å²) in [6.45, 7) is 5.39. The van der Waals surface area contributed by atoms with E-state index in [2.05, 4.69) is 24.1 Å². The average Bonchev–Trinajstić information content (AvgIpc) is 2.94. The van der Waals surface area contributed by atoms with Crippen molar-refractivity contribution in [1.29, 1.82) is 0 Å². The van der Waals surface area contributed by atoms with Crippen molar-refractivity contribution < 1.29 is 9.90 Å². The van der Waals surface area contributed by atoms with E-state index in [4.69, 9.17) is 5.11 Å². The first kappa shape index (κ1) is 14.3. The molecule has 0 spiro atoms. The summed E-state index contributed by atoms with van der Waals surface area (Å²) < 4.78 is 0. The Morgan fingerprint density at radius 2 is 2.21 bits per heavy atom. The van der Waals surface area contributed by atoms with Crippen LogP contribution in [0.4, 0.5) is 5.00 Å². The number of rotatable bonds is 6. The Labute approximate surface area is 118 Å². The molecule has 1 aromatic rings. The smallest absolute Gasteiger partial charge is 0.357 e. The molecule has 1 saturated carbocycles. The third-order valence-electron chi connectivity index (χ3n) is 3.90. The van der Waals surface area contributed by atoms with Crippen LogP contribution in [0.25, 0.3) is 0 Å². The van der Waals surface area contributed by atoms with Gasteiger partial charge in [-0.15, -0.1) is 11.3 Å². The first-order valence-corrected chi connectivity index (χ1v) is 7.81. The van der Waals surface area contributed by atoms with Crippen LogP contribution in [-0.4, -0.2) is 22.6 Å². The molecule has 5 heteroatoms. The van der Waals surface area contributed by atoms with Crippen molar-refractivity contribution in [3.05, 3.63) is 11.2 Å². The van der Waals surface area contributed by atoms with Crippen molar-refractivity contribution in [2.24, 2.45) is 11.3 Å². The molecular formula is C14H22N2O2S. The van der Waals surface area contributed by atoms with Gasteiger partial charge >= 0.3 is 5.97 Å². The number of carboxylic acids is 1. The molecule has 0 aliphatic heterocycles. The van der Waals surface area contributed by atoms with Gasteiger partial charge in [0.2, 0.25) is 0 Å². The first-order valence-electron chi connectivity index (χ1n) is 6.93. The summed E-state index contributed by atoms with van der Waals surface area (Å²) in [6.07, 6.45) is 6.30. The Kier molecular flexibility index (Phi) is 4.45. The summed E-state index contributed by atoms with van der Waals surface area (Å²) >= 11 is 1.38. The fourth-order valence-corrected chi connectivity index (χ4v) is 3.91. The van der Waals surface area contributed by atoms with Gasteiger partial charge in [-0.05, 0) is 30.6 Å². The lowest BCUT2D eigenvalue weighted by molar-refractivity contribution is 0.0692. The number of aromatic nitrogens is 1. The molecular weight excluding hydrogens is 260 g/mol. The number of thiazole rings is 1. The van der Waals surface area contributed by atoms with Gasteiger partial charge in [0.15, 0.2) is 5.69 Å². The van der Waals surface area contributed by atoms with E-state index in [1.165, 1.54) is 43.4 Å². The van der Waals surface area contributed by atoms with Crippen molar-refractivity contribution in [2.45, 2.75) is 46.0 Å². The van der Waals surface area contributed by atoms with Gasteiger partial charge in [0.25, 0.3) is 0 Å². The van der Waals surface area contributed by atoms with Crippen LogP contribution in [0.15, 0.2) is 5.51 Å². The Balaban J connectivity index is 2.02. The number of nitrogens with one attached hydrogen (secondary N) is 1. The minimum Gasteiger partial charge on any atom is -0.476 e. The number of carbonyl (C=O) groups is 1. The lowest BCUT2D eigenvalue weighted by Crippen LogP contribution is -2.28. The zero-order valence-corrected chi connectivity index (χ0v) is 12.4. The first-order chi connectivity index (χ1) is 9.02. The normalized spacial score (nSPS) is 17.8. The molecule has 0 saturated heterocycles. The summed E-state index contributed by atoms with van der Waals surface area (Å²) in [6, 6.07) is 0. The number of aromatic carboxylic acids is 1. The van der Waals surface area contributed by atoms with Crippen LogP contribution in [0.3, 0.4) is 0 Å². The molecule has 106 valence electrons. The van der Waals surface area contributed by atoms with Gasteiger partial charge in [-0.25, -0.2) is 9.78 Å². The molecule has 0 atom stereocenters. The number of carboxylic acid groups (broad SMARTS) is 1. The Bertz CT molecular complexity index is 436. The van der Waals surface area contributed by atoms with Crippen molar-refractivity contribution in [3.63, 3.8) is 0 Å². The number of hydrogen-bond donors (Lipinski definition) is 2. The van der Waals surface area contributed by atoms with E-state index in [-0.39, 0.29) is 5.69 Å². The van der Waals surface area contributed by atoms with E-state index in [0.29, 0.717) is 16.3 Å². The van der Waals surface area contributed by atoms with Crippen LogP contribution >= 0.6 is 11.3 Å². The zero-order chi connectivity index (χ0) is 13.9. The van der Waals surface area contributed by atoms with Gasteiger partial charge in [0.1, 0.15) is 5.00 Å². The second kappa shape index (κ2) is 5.90. The van der Waals surface area contributed by atoms with Crippen LogP contribution in [-0.2, 0) is 0 Å². The Morgan fingerprint density at radius 3 is 2.79 bits per heavy atom. The predicted octanol–water partition coefficient (Wildman–Crippen LogP) is 3.86. The molecule has 4 nitrogen and oxygen atoms in total. The second-order valence-electron chi connectivity index (χ2n) is 5.99. The fraction of sp³-hybridized carbons (Fsp3) is 0.714. The number of hydrogen-bond acceptors (Lipinski definition) is 4. The summed E-state index contributed by atoms with van der Waals surface area (Å²) in [7, 11) is 0. The predicted molar refractivity (Wildman–Crippen MR) is 77.9 cm³/mol. The molecule has 0 unspecified atom stereocenters. The van der Waals surface area contributed by atoms with E-state index in [0.717, 1.165) is 6.54 Å². The monoisotopic (exact) mass is 282 g/mol. The Hall–Kier alpha value is -1.10. The van der Waals surface area contributed by atoms with Gasteiger partial charge in [0, 0.05) is 6.54 Å². The second-order valence-corrected chi connectivity index (χ2v) is 6.85. The number of nitrogens with zero attached hydrogens (tertiary/aromatic N) is 1. The molecule has 1 aliphatic carbocycles. The van der Waals surface area contributed by atoms with E-state index in [1.807, 2.05) is 0 Å². The van der Waals surface area contributed by atoms with Gasteiger partial charge in [-0.1, -0.05) is 26.7 Å². The van der Waals surface area contributed by atoms with E-state index >= 15 is 0 Å². The fourth-order valence-electron chi connectivity index (χ4n) is 3.24. The molecule has 2 rings (SSSR count). The molecule has 0 amide bonds. The lowest BCUT2D eigenvalue weighted by atomic mass is 9.78. The lowest BCUT2D eigenvalue weighted by Gasteiger charge is -2.31. The maximum atomic E-state index is 11.0. The Morgan fingerprint density at radius 1 is 1.53 bits per heavy atom. The van der Waals surface area contributed by atoms with Crippen LogP contribution in [0, 0.1) is 11.3 Å². The SMILES string of the molecule is CC(C)CC1(CNc2scnc2C(=O)O)CCCC1. The maximum Gasteiger partial charge on any atom is 0.357 e. The summed E-state index contributed by atoms with van der Waals surface area (Å²) in [4.78, 5) is 14.9. The third kappa shape index (κ3) is 3.47. The van der Waals surface area contributed by atoms with Crippen LogP contribution in [0.2, 0.25) is 0 Å².